The first-order chi connectivity index (χ1) is 10.3. The van der Waals surface area contributed by atoms with Crippen molar-refractivity contribution in [3.8, 4) is 0 Å². The minimum atomic E-state index is -3.44. The number of carbonyl (C=O) groups excluding carboxylic acids is 1. The van der Waals surface area contributed by atoms with Crippen LogP contribution in [0.25, 0.3) is 0 Å². The summed E-state index contributed by atoms with van der Waals surface area (Å²) in [6.45, 7) is 2.77. The van der Waals surface area contributed by atoms with E-state index in [0.717, 1.165) is 30.4 Å². The third kappa shape index (κ3) is 5.34. The Morgan fingerprint density at radius 2 is 1.86 bits per heavy atom. The van der Waals surface area contributed by atoms with Crippen LogP contribution in [0, 0.1) is 11.6 Å². The Morgan fingerprint density at radius 3 is 2.36 bits per heavy atom. The standard InChI is InChI=1S/C14H20F2N2O3S/c1-3-4-10-22(20,21)17-8-9-18(11(2)19)14-12(15)6-5-7-13(14)16/h5-7,17H,3-4,8-10H2,1-2H3. The number of nitrogens with zero attached hydrogens (tertiary/aromatic N) is 1. The zero-order valence-corrected chi connectivity index (χ0v) is 13.4. The van der Waals surface area contributed by atoms with Crippen LogP contribution in [0.3, 0.4) is 0 Å². The maximum absolute atomic E-state index is 13.7. The second-order valence-electron chi connectivity index (χ2n) is 4.81. The van der Waals surface area contributed by atoms with Crippen molar-refractivity contribution >= 4 is 21.6 Å². The summed E-state index contributed by atoms with van der Waals surface area (Å²) in [7, 11) is -3.44. The summed E-state index contributed by atoms with van der Waals surface area (Å²) in [5.41, 5.74) is -0.470. The van der Waals surface area contributed by atoms with Gasteiger partial charge in [0.05, 0.1) is 5.75 Å². The van der Waals surface area contributed by atoms with E-state index in [0.29, 0.717) is 6.42 Å². The molecular weight excluding hydrogens is 314 g/mol. The second kappa shape index (κ2) is 8.19. The number of anilines is 1. The lowest BCUT2D eigenvalue weighted by Gasteiger charge is -2.22. The molecule has 0 heterocycles. The Kier molecular flexibility index (Phi) is 6.89. The van der Waals surface area contributed by atoms with Crippen LogP contribution >= 0.6 is 0 Å². The fraction of sp³-hybridized carbons (Fsp3) is 0.500. The number of unbranched alkanes of at least 4 members (excludes halogenated alkanes) is 1. The average molecular weight is 334 g/mol. The summed E-state index contributed by atoms with van der Waals surface area (Å²) in [6.07, 6.45) is 1.26. The second-order valence-corrected chi connectivity index (χ2v) is 6.73. The first-order valence-electron chi connectivity index (χ1n) is 6.98. The van der Waals surface area contributed by atoms with Gasteiger partial charge in [-0.05, 0) is 18.6 Å². The van der Waals surface area contributed by atoms with Gasteiger partial charge in [0.25, 0.3) is 0 Å². The molecule has 0 aliphatic carbocycles. The first kappa shape index (κ1) is 18.5. The van der Waals surface area contributed by atoms with E-state index >= 15 is 0 Å². The maximum Gasteiger partial charge on any atom is 0.224 e. The third-order valence-electron chi connectivity index (χ3n) is 3.01. The van der Waals surface area contributed by atoms with E-state index in [2.05, 4.69) is 4.72 Å². The van der Waals surface area contributed by atoms with Crippen LogP contribution in [-0.2, 0) is 14.8 Å². The molecule has 1 aromatic rings. The van der Waals surface area contributed by atoms with Crippen LogP contribution in [-0.4, -0.2) is 33.2 Å². The summed E-state index contributed by atoms with van der Waals surface area (Å²) in [6, 6.07) is 3.28. The first-order valence-corrected chi connectivity index (χ1v) is 8.63. The number of benzene rings is 1. The van der Waals surface area contributed by atoms with Gasteiger partial charge in [-0.3, -0.25) is 4.79 Å². The Bertz CT molecular complexity index is 600. The van der Waals surface area contributed by atoms with Crippen molar-refractivity contribution in [1.82, 2.24) is 4.72 Å². The molecule has 0 aliphatic heterocycles. The van der Waals surface area contributed by atoms with Gasteiger partial charge >= 0.3 is 0 Å². The molecule has 0 bridgehead atoms. The Morgan fingerprint density at radius 1 is 1.27 bits per heavy atom. The molecule has 1 amide bonds. The fourth-order valence-electron chi connectivity index (χ4n) is 1.89. The largest absolute Gasteiger partial charge is 0.306 e. The molecule has 124 valence electrons. The number of halogens is 2. The van der Waals surface area contributed by atoms with Crippen LogP contribution in [0.1, 0.15) is 26.7 Å². The smallest absolute Gasteiger partial charge is 0.224 e. The zero-order valence-electron chi connectivity index (χ0n) is 12.6. The fourth-order valence-corrected chi connectivity index (χ4v) is 3.11. The predicted molar refractivity (Wildman–Crippen MR) is 81.1 cm³/mol. The van der Waals surface area contributed by atoms with Crippen LogP contribution in [0.4, 0.5) is 14.5 Å². The summed E-state index contributed by atoms with van der Waals surface area (Å²) in [4.78, 5) is 12.5. The third-order valence-corrected chi connectivity index (χ3v) is 4.48. The highest BCUT2D eigenvalue weighted by Crippen LogP contribution is 2.23. The number of rotatable bonds is 8. The van der Waals surface area contributed by atoms with Crippen molar-refractivity contribution < 1.29 is 22.0 Å². The van der Waals surface area contributed by atoms with Gasteiger partial charge in [0.2, 0.25) is 15.9 Å². The zero-order chi connectivity index (χ0) is 16.8. The molecule has 1 N–H and O–H groups in total. The molecule has 22 heavy (non-hydrogen) atoms. The minimum absolute atomic E-state index is 0.0162. The molecule has 8 heteroatoms. The molecule has 0 aliphatic rings. The highest BCUT2D eigenvalue weighted by Gasteiger charge is 2.20. The number of carbonyl (C=O) groups is 1. The summed E-state index contributed by atoms with van der Waals surface area (Å²) < 4.78 is 53.1. The van der Waals surface area contributed by atoms with Gasteiger partial charge in [-0.2, -0.15) is 0 Å². The normalized spacial score (nSPS) is 11.5. The molecule has 0 atom stereocenters. The van der Waals surface area contributed by atoms with Crippen LogP contribution in [0.5, 0.6) is 0 Å². The van der Waals surface area contributed by atoms with E-state index in [1.54, 1.807) is 0 Å². The number of hydrogen-bond donors (Lipinski definition) is 1. The summed E-state index contributed by atoms with van der Waals surface area (Å²) in [5, 5.41) is 0. The Labute approximate surface area is 129 Å². The molecule has 0 saturated heterocycles. The monoisotopic (exact) mass is 334 g/mol. The molecular formula is C14H20F2N2O3S. The highest BCUT2D eigenvalue weighted by molar-refractivity contribution is 7.89. The molecule has 0 fully saturated rings. The molecule has 0 unspecified atom stereocenters. The van der Waals surface area contributed by atoms with E-state index in [-0.39, 0.29) is 18.8 Å². The van der Waals surface area contributed by atoms with E-state index in [9.17, 15) is 22.0 Å². The molecule has 1 aromatic carbocycles. The van der Waals surface area contributed by atoms with Crippen molar-refractivity contribution in [2.45, 2.75) is 26.7 Å². The van der Waals surface area contributed by atoms with Gasteiger partial charge in [-0.25, -0.2) is 21.9 Å². The van der Waals surface area contributed by atoms with Crippen molar-refractivity contribution in [2.24, 2.45) is 0 Å². The van der Waals surface area contributed by atoms with Crippen molar-refractivity contribution in [3.63, 3.8) is 0 Å². The molecule has 0 spiro atoms. The maximum atomic E-state index is 13.7. The quantitative estimate of drug-likeness (QED) is 0.791. The van der Waals surface area contributed by atoms with Crippen LogP contribution in [0.2, 0.25) is 0 Å². The Balaban J connectivity index is 2.77. The lowest BCUT2D eigenvalue weighted by atomic mass is 10.2. The van der Waals surface area contributed by atoms with Gasteiger partial charge < -0.3 is 4.90 Å². The lowest BCUT2D eigenvalue weighted by molar-refractivity contribution is -0.116. The number of para-hydroxylation sites is 1. The molecule has 0 radical (unpaired) electrons. The van der Waals surface area contributed by atoms with E-state index < -0.39 is 33.3 Å². The van der Waals surface area contributed by atoms with Crippen molar-refractivity contribution in [1.29, 1.82) is 0 Å². The van der Waals surface area contributed by atoms with E-state index in [1.807, 2.05) is 6.92 Å². The van der Waals surface area contributed by atoms with Gasteiger partial charge in [-0.15, -0.1) is 0 Å². The average Bonchev–Trinajstić information content (AvgIpc) is 2.43. The van der Waals surface area contributed by atoms with Crippen molar-refractivity contribution in [2.75, 3.05) is 23.7 Å². The highest BCUT2D eigenvalue weighted by atomic mass is 32.2. The van der Waals surface area contributed by atoms with Gasteiger partial charge in [0, 0.05) is 20.0 Å². The SMILES string of the molecule is CCCCS(=O)(=O)NCCN(C(C)=O)c1c(F)cccc1F. The number of hydrogen-bond acceptors (Lipinski definition) is 3. The lowest BCUT2D eigenvalue weighted by Crippen LogP contribution is -2.39. The number of sulfonamides is 1. The molecule has 0 saturated carbocycles. The summed E-state index contributed by atoms with van der Waals surface area (Å²) in [5.74, 6) is -2.33. The Hall–Kier alpha value is -1.54. The molecule has 1 rings (SSSR count). The minimum Gasteiger partial charge on any atom is -0.306 e. The van der Waals surface area contributed by atoms with Crippen LogP contribution in [0.15, 0.2) is 18.2 Å². The van der Waals surface area contributed by atoms with Crippen molar-refractivity contribution in [3.05, 3.63) is 29.8 Å². The molecule has 0 aromatic heterocycles. The van der Waals surface area contributed by atoms with E-state index in [4.69, 9.17) is 0 Å². The molecule has 5 nitrogen and oxygen atoms in total. The van der Waals surface area contributed by atoms with Gasteiger partial charge in [-0.1, -0.05) is 19.4 Å². The summed E-state index contributed by atoms with van der Waals surface area (Å²) >= 11 is 0. The van der Waals surface area contributed by atoms with Crippen LogP contribution < -0.4 is 9.62 Å². The number of amides is 1. The van der Waals surface area contributed by atoms with E-state index in [1.165, 1.54) is 6.07 Å². The predicted octanol–water partition coefficient (Wildman–Crippen LogP) is 2.04. The topological polar surface area (TPSA) is 66.5 Å². The van der Waals surface area contributed by atoms with Gasteiger partial charge in [0.1, 0.15) is 17.3 Å². The number of nitrogens with one attached hydrogen (secondary N) is 1. The van der Waals surface area contributed by atoms with Gasteiger partial charge in [0.15, 0.2) is 0 Å².